The number of rotatable bonds is 5. The van der Waals surface area contributed by atoms with Gasteiger partial charge in [-0.05, 0) is 49.9 Å². The number of nitrogens with one attached hydrogen (secondary N) is 1. The first kappa shape index (κ1) is 16.7. The van der Waals surface area contributed by atoms with Gasteiger partial charge < -0.3 is 10.5 Å². The van der Waals surface area contributed by atoms with Gasteiger partial charge in [-0.2, -0.15) is 0 Å². The van der Waals surface area contributed by atoms with Gasteiger partial charge in [0.25, 0.3) is 0 Å². The summed E-state index contributed by atoms with van der Waals surface area (Å²) in [7, 11) is -3.53. The predicted molar refractivity (Wildman–Crippen MR) is 90.6 cm³/mol. The fraction of sp³-hybridized carbons (Fsp3) is 0.647. The van der Waals surface area contributed by atoms with Crippen LogP contribution in [0.4, 0.5) is 5.69 Å². The summed E-state index contributed by atoms with van der Waals surface area (Å²) < 4.78 is 34.3. The Labute approximate surface area is 138 Å². The van der Waals surface area contributed by atoms with Gasteiger partial charge in [0, 0.05) is 11.7 Å². The van der Waals surface area contributed by atoms with Gasteiger partial charge in [0.1, 0.15) is 0 Å². The van der Waals surface area contributed by atoms with Crippen LogP contribution in [0.15, 0.2) is 29.2 Å². The van der Waals surface area contributed by atoms with Crippen molar-refractivity contribution in [2.24, 2.45) is 0 Å². The molecule has 0 spiro atoms. The molecule has 3 N–H and O–H groups in total. The summed E-state index contributed by atoms with van der Waals surface area (Å²) in [6, 6.07) is 6.19. The monoisotopic (exact) mass is 338 g/mol. The second-order valence-corrected chi connectivity index (χ2v) is 8.38. The van der Waals surface area contributed by atoms with E-state index in [0.29, 0.717) is 11.8 Å². The van der Waals surface area contributed by atoms with Crippen LogP contribution < -0.4 is 10.5 Å². The Morgan fingerprint density at radius 3 is 2.26 bits per heavy atom. The minimum atomic E-state index is -3.53. The lowest BCUT2D eigenvalue weighted by atomic mass is 9.93. The summed E-state index contributed by atoms with van der Waals surface area (Å²) in [5.74, 6) is 0. The van der Waals surface area contributed by atoms with Crippen molar-refractivity contribution >= 4 is 15.7 Å². The summed E-state index contributed by atoms with van der Waals surface area (Å²) in [5, 5.41) is 0. The van der Waals surface area contributed by atoms with Crippen molar-refractivity contribution < 1.29 is 13.2 Å². The van der Waals surface area contributed by atoms with E-state index in [1.54, 1.807) is 24.3 Å². The maximum atomic E-state index is 12.6. The number of hydrogen-bond acceptors (Lipinski definition) is 4. The first-order valence-electron chi connectivity index (χ1n) is 8.58. The van der Waals surface area contributed by atoms with Crippen LogP contribution in [0, 0.1) is 0 Å². The molecule has 6 heteroatoms. The average molecular weight is 338 g/mol. The third-order valence-electron chi connectivity index (χ3n) is 4.87. The van der Waals surface area contributed by atoms with Crippen molar-refractivity contribution in [2.75, 3.05) is 5.73 Å². The van der Waals surface area contributed by atoms with Crippen LogP contribution >= 0.6 is 0 Å². The van der Waals surface area contributed by atoms with Crippen molar-refractivity contribution in [3.63, 3.8) is 0 Å². The number of nitrogen functional groups attached to an aromatic ring is 1. The van der Waals surface area contributed by atoms with E-state index >= 15 is 0 Å². The van der Waals surface area contributed by atoms with Crippen LogP contribution in [0.25, 0.3) is 0 Å². The zero-order chi connectivity index (χ0) is 16.3. The lowest BCUT2D eigenvalue weighted by molar-refractivity contribution is -0.0391. The average Bonchev–Trinajstić information content (AvgIpc) is 3.02. The van der Waals surface area contributed by atoms with E-state index in [-0.39, 0.29) is 17.0 Å². The Balaban J connectivity index is 1.69. The molecule has 0 saturated heterocycles. The Kier molecular flexibility index (Phi) is 5.24. The third kappa shape index (κ3) is 4.25. The molecule has 2 atom stereocenters. The molecule has 128 valence electrons. The number of sulfonamides is 1. The third-order valence-corrected chi connectivity index (χ3v) is 6.37. The topological polar surface area (TPSA) is 81.4 Å². The Hall–Kier alpha value is -1.11. The second kappa shape index (κ2) is 7.20. The highest BCUT2D eigenvalue weighted by molar-refractivity contribution is 7.89. The van der Waals surface area contributed by atoms with Crippen molar-refractivity contribution in [3.8, 4) is 0 Å². The Morgan fingerprint density at radius 1 is 0.957 bits per heavy atom. The molecule has 0 aromatic heterocycles. The normalized spacial score (nSPS) is 26.4. The van der Waals surface area contributed by atoms with E-state index in [1.807, 2.05) is 0 Å². The van der Waals surface area contributed by atoms with E-state index in [4.69, 9.17) is 10.5 Å². The number of hydrogen-bond donors (Lipinski definition) is 2. The lowest BCUT2D eigenvalue weighted by Gasteiger charge is -2.33. The minimum absolute atomic E-state index is 0.00425. The maximum Gasteiger partial charge on any atom is 0.240 e. The predicted octanol–water partition coefficient (Wildman–Crippen LogP) is 2.82. The molecule has 2 fully saturated rings. The quantitative estimate of drug-likeness (QED) is 0.809. The highest BCUT2D eigenvalue weighted by Gasteiger charge is 2.32. The van der Waals surface area contributed by atoms with Crippen LogP contribution in [0.2, 0.25) is 0 Å². The molecule has 0 amide bonds. The standard InChI is InChI=1S/C17H26N2O3S/c18-13-9-11-15(12-10-13)23(20,21)19-16-7-3-4-8-17(16)22-14-5-1-2-6-14/h9-12,14,16-17,19H,1-8,18H2/t16-,17+/m1/s1. The molecule has 0 radical (unpaired) electrons. The summed E-state index contributed by atoms with van der Waals surface area (Å²) in [4.78, 5) is 0.261. The fourth-order valence-electron chi connectivity index (χ4n) is 3.58. The van der Waals surface area contributed by atoms with Gasteiger partial charge in [-0.1, -0.05) is 25.7 Å². The largest absolute Gasteiger partial charge is 0.399 e. The van der Waals surface area contributed by atoms with E-state index in [0.717, 1.165) is 38.5 Å². The summed E-state index contributed by atoms with van der Waals surface area (Å²) in [6.45, 7) is 0. The van der Waals surface area contributed by atoms with E-state index in [9.17, 15) is 8.42 Å². The molecule has 23 heavy (non-hydrogen) atoms. The minimum Gasteiger partial charge on any atom is -0.399 e. The first-order valence-corrected chi connectivity index (χ1v) is 10.1. The van der Waals surface area contributed by atoms with Crippen LogP contribution in [0.5, 0.6) is 0 Å². The molecule has 0 unspecified atom stereocenters. The van der Waals surface area contributed by atoms with Gasteiger partial charge in [-0.25, -0.2) is 13.1 Å². The van der Waals surface area contributed by atoms with Gasteiger partial charge in [-0.3, -0.25) is 0 Å². The molecule has 2 aliphatic carbocycles. The Morgan fingerprint density at radius 2 is 1.57 bits per heavy atom. The van der Waals surface area contributed by atoms with Gasteiger partial charge >= 0.3 is 0 Å². The second-order valence-electron chi connectivity index (χ2n) is 6.66. The van der Waals surface area contributed by atoms with Crippen molar-refractivity contribution in [1.29, 1.82) is 0 Å². The van der Waals surface area contributed by atoms with Gasteiger partial charge in [0.15, 0.2) is 0 Å². The zero-order valence-corrected chi connectivity index (χ0v) is 14.2. The molecule has 3 rings (SSSR count). The maximum absolute atomic E-state index is 12.6. The summed E-state index contributed by atoms with van der Waals surface area (Å²) in [6.07, 6.45) is 8.88. The number of benzene rings is 1. The molecule has 1 aromatic rings. The molecule has 0 heterocycles. The summed E-state index contributed by atoms with van der Waals surface area (Å²) >= 11 is 0. The molecular formula is C17H26N2O3S. The molecule has 0 aliphatic heterocycles. The first-order chi connectivity index (χ1) is 11.0. The lowest BCUT2D eigenvalue weighted by Crippen LogP contribution is -2.47. The van der Waals surface area contributed by atoms with E-state index < -0.39 is 10.0 Å². The zero-order valence-electron chi connectivity index (χ0n) is 13.4. The van der Waals surface area contributed by atoms with Crippen LogP contribution in [-0.4, -0.2) is 26.7 Å². The van der Waals surface area contributed by atoms with E-state index in [1.165, 1.54) is 12.8 Å². The number of ether oxygens (including phenoxy) is 1. The van der Waals surface area contributed by atoms with Crippen molar-refractivity contribution in [3.05, 3.63) is 24.3 Å². The molecule has 2 aliphatic rings. The molecule has 0 bridgehead atoms. The van der Waals surface area contributed by atoms with Crippen molar-refractivity contribution in [1.82, 2.24) is 4.72 Å². The van der Waals surface area contributed by atoms with Crippen LogP contribution in [0.3, 0.4) is 0 Å². The van der Waals surface area contributed by atoms with Gasteiger partial charge in [0.05, 0.1) is 17.1 Å². The van der Waals surface area contributed by atoms with Crippen LogP contribution in [-0.2, 0) is 14.8 Å². The number of anilines is 1. The van der Waals surface area contributed by atoms with E-state index in [2.05, 4.69) is 4.72 Å². The molecule has 1 aromatic carbocycles. The Bertz CT molecular complexity index is 609. The van der Waals surface area contributed by atoms with Crippen molar-refractivity contribution in [2.45, 2.75) is 74.5 Å². The SMILES string of the molecule is Nc1ccc(S(=O)(=O)N[C@@H]2CCCC[C@@H]2OC2CCCC2)cc1. The molecule has 5 nitrogen and oxygen atoms in total. The van der Waals surface area contributed by atoms with Crippen LogP contribution in [0.1, 0.15) is 51.4 Å². The van der Waals surface area contributed by atoms with Gasteiger partial charge in [0.2, 0.25) is 10.0 Å². The smallest absolute Gasteiger partial charge is 0.240 e. The summed E-state index contributed by atoms with van der Waals surface area (Å²) in [5.41, 5.74) is 6.19. The molecule has 2 saturated carbocycles. The number of nitrogens with two attached hydrogens (primary N) is 1. The highest BCUT2D eigenvalue weighted by Crippen LogP contribution is 2.29. The fourth-order valence-corrected chi connectivity index (χ4v) is 4.88. The van der Waals surface area contributed by atoms with Gasteiger partial charge in [-0.15, -0.1) is 0 Å². The molecular weight excluding hydrogens is 312 g/mol. The highest BCUT2D eigenvalue weighted by atomic mass is 32.2.